The lowest BCUT2D eigenvalue weighted by atomic mass is 10.2. The zero-order valence-electron chi connectivity index (χ0n) is 10.7. The van der Waals surface area contributed by atoms with Gasteiger partial charge in [0.2, 0.25) is 0 Å². The lowest BCUT2D eigenvalue weighted by Gasteiger charge is -2.05. The molecule has 0 aliphatic carbocycles. The highest BCUT2D eigenvalue weighted by Crippen LogP contribution is 2.23. The molecule has 0 radical (unpaired) electrons. The van der Waals surface area contributed by atoms with E-state index in [9.17, 15) is 9.18 Å². The van der Waals surface area contributed by atoms with Crippen molar-refractivity contribution in [2.45, 2.75) is 0 Å². The molecule has 3 rings (SSSR count). The number of carbonyl (C=O) groups excluding carboxylic acids is 1. The summed E-state index contributed by atoms with van der Waals surface area (Å²) in [5, 5.41) is 9.99. The summed E-state index contributed by atoms with van der Waals surface area (Å²) in [6, 6.07) is 8.95. The fourth-order valence-corrected chi connectivity index (χ4v) is 2.15. The Morgan fingerprint density at radius 1 is 1.29 bits per heavy atom. The Bertz CT molecular complexity index is 846. The molecule has 1 aromatic heterocycles. The van der Waals surface area contributed by atoms with Crippen LogP contribution in [0.1, 0.15) is 10.5 Å². The molecule has 2 aromatic carbocycles. The molecule has 0 saturated heterocycles. The van der Waals surface area contributed by atoms with Gasteiger partial charge in [-0.1, -0.05) is 11.6 Å². The Labute approximate surface area is 123 Å². The van der Waals surface area contributed by atoms with Crippen LogP contribution in [-0.4, -0.2) is 16.1 Å². The first-order valence-corrected chi connectivity index (χ1v) is 6.42. The second-order valence-electron chi connectivity index (χ2n) is 4.46. The number of nitrogens with two attached hydrogens (primary N) is 1. The number of hydrogen-bond donors (Lipinski definition) is 3. The molecule has 106 valence electrons. The van der Waals surface area contributed by atoms with Crippen LogP contribution in [0.3, 0.4) is 0 Å². The van der Waals surface area contributed by atoms with E-state index in [0.717, 1.165) is 0 Å². The number of aromatic nitrogens is 2. The molecule has 0 aliphatic rings. The van der Waals surface area contributed by atoms with Crippen molar-refractivity contribution in [1.29, 1.82) is 0 Å². The largest absolute Gasteiger partial charge is 0.399 e. The third kappa shape index (κ3) is 2.53. The number of amides is 1. The van der Waals surface area contributed by atoms with Crippen LogP contribution in [-0.2, 0) is 0 Å². The summed E-state index contributed by atoms with van der Waals surface area (Å²) >= 11 is 5.78. The summed E-state index contributed by atoms with van der Waals surface area (Å²) in [5.74, 6) is -1.12. The van der Waals surface area contributed by atoms with Crippen molar-refractivity contribution in [1.82, 2.24) is 10.2 Å². The van der Waals surface area contributed by atoms with Crippen LogP contribution >= 0.6 is 11.6 Å². The predicted octanol–water partition coefficient (Wildman–Crippen LogP) is 3.19. The number of nitrogen functional groups attached to an aromatic ring is 1. The normalized spacial score (nSPS) is 10.8. The predicted molar refractivity (Wildman–Crippen MR) is 79.9 cm³/mol. The van der Waals surface area contributed by atoms with E-state index < -0.39 is 11.7 Å². The van der Waals surface area contributed by atoms with Gasteiger partial charge >= 0.3 is 0 Å². The summed E-state index contributed by atoms with van der Waals surface area (Å²) in [6.07, 6.45) is 0. The van der Waals surface area contributed by atoms with Crippen molar-refractivity contribution in [2.75, 3.05) is 11.1 Å². The third-order valence-corrected chi connectivity index (χ3v) is 3.21. The van der Waals surface area contributed by atoms with Gasteiger partial charge < -0.3 is 11.1 Å². The van der Waals surface area contributed by atoms with Crippen molar-refractivity contribution in [2.24, 2.45) is 0 Å². The molecule has 0 spiro atoms. The van der Waals surface area contributed by atoms with Crippen LogP contribution < -0.4 is 11.1 Å². The Balaban J connectivity index is 1.97. The molecule has 0 aliphatic heterocycles. The molecule has 7 heteroatoms. The molecule has 21 heavy (non-hydrogen) atoms. The maximum atomic E-state index is 13.6. The summed E-state index contributed by atoms with van der Waals surface area (Å²) < 4.78 is 13.6. The second-order valence-corrected chi connectivity index (χ2v) is 4.89. The van der Waals surface area contributed by atoms with Crippen LogP contribution in [0.5, 0.6) is 0 Å². The molecule has 0 saturated carbocycles. The van der Waals surface area contributed by atoms with E-state index in [2.05, 4.69) is 15.5 Å². The zero-order valence-corrected chi connectivity index (χ0v) is 11.4. The number of rotatable bonds is 2. The van der Waals surface area contributed by atoms with Crippen LogP contribution in [0, 0.1) is 5.82 Å². The molecule has 5 nitrogen and oxygen atoms in total. The first kappa shape index (κ1) is 13.4. The lowest BCUT2D eigenvalue weighted by molar-refractivity contribution is 0.102. The van der Waals surface area contributed by atoms with E-state index in [1.807, 2.05) is 0 Å². The molecule has 1 amide bonds. The number of H-pyrrole nitrogens is 1. The zero-order chi connectivity index (χ0) is 15.0. The monoisotopic (exact) mass is 304 g/mol. The van der Waals surface area contributed by atoms with Gasteiger partial charge in [-0.3, -0.25) is 9.89 Å². The fraction of sp³-hybridized carbons (Fsp3) is 0. The van der Waals surface area contributed by atoms with Gasteiger partial charge in [0.25, 0.3) is 5.91 Å². The number of benzene rings is 2. The van der Waals surface area contributed by atoms with Gasteiger partial charge in [-0.2, -0.15) is 5.10 Å². The van der Waals surface area contributed by atoms with Crippen molar-refractivity contribution in [3.63, 3.8) is 0 Å². The molecule has 0 bridgehead atoms. The first-order valence-electron chi connectivity index (χ1n) is 6.04. The quantitative estimate of drug-likeness (QED) is 0.636. The van der Waals surface area contributed by atoms with Gasteiger partial charge in [0.15, 0.2) is 5.69 Å². The Morgan fingerprint density at radius 3 is 2.90 bits per heavy atom. The summed E-state index contributed by atoms with van der Waals surface area (Å²) in [4.78, 5) is 12.2. The van der Waals surface area contributed by atoms with Crippen molar-refractivity contribution >= 4 is 39.8 Å². The lowest BCUT2D eigenvalue weighted by Crippen LogP contribution is -2.14. The molecule has 0 unspecified atom stereocenters. The standard InChI is InChI=1S/C14H10ClFN4O/c15-7-1-3-10(16)12(5-7)18-14(21)13-9-6-8(17)2-4-11(9)19-20-13/h1-6H,17H2,(H,18,21)(H,19,20). The highest BCUT2D eigenvalue weighted by Gasteiger charge is 2.16. The van der Waals surface area contributed by atoms with Gasteiger partial charge in [0, 0.05) is 16.1 Å². The molecule has 0 fully saturated rings. The van der Waals surface area contributed by atoms with Gasteiger partial charge in [-0.05, 0) is 36.4 Å². The Hall–Kier alpha value is -2.60. The Morgan fingerprint density at radius 2 is 2.10 bits per heavy atom. The van der Waals surface area contributed by atoms with Gasteiger partial charge in [0.1, 0.15) is 5.82 Å². The van der Waals surface area contributed by atoms with Crippen LogP contribution in [0.15, 0.2) is 36.4 Å². The topological polar surface area (TPSA) is 83.8 Å². The average molecular weight is 305 g/mol. The summed E-state index contributed by atoms with van der Waals surface area (Å²) in [5.41, 5.74) is 7.00. The average Bonchev–Trinajstić information content (AvgIpc) is 2.85. The molecule has 0 atom stereocenters. The third-order valence-electron chi connectivity index (χ3n) is 2.98. The number of hydrogen-bond acceptors (Lipinski definition) is 3. The number of halogens is 2. The molecule has 3 aromatic rings. The smallest absolute Gasteiger partial charge is 0.276 e. The highest BCUT2D eigenvalue weighted by molar-refractivity contribution is 6.31. The summed E-state index contributed by atoms with van der Waals surface area (Å²) in [7, 11) is 0. The van der Waals surface area contributed by atoms with Crippen LogP contribution in [0.4, 0.5) is 15.8 Å². The maximum Gasteiger partial charge on any atom is 0.276 e. The maximum absolute atomic E-state index is 13.6. The molecular formula is C14H10ClFN4O. The molecule has 4 N–H and O–H groups in total. The Kier molecular flexibility index (Phi) is 3.23. The second kappa shape index (κ2) is 5.06. The van der Waals surface area contributed by atoms with Crippen LogP contribution in [0.25, 0.3) is 10.9 Å². The highest BCUT2D eigenvalue weighted by atomic mass is 35.5. The van der Waals surface area contributed by atoms with E-state index >= 15 is 0 Å². The minimum absolute atomic E-state index is 0.00690. The van der Waals surface area contributed by atoms with E-state index in [1.54, 1.807) is 18.2 Å². The number of nitrogens with zero attached hydrogens (tertiary/aromatic N) is 1. The minimum Gasteiger partial charge on any atom is -0.399 e. The number of fused-ring (bicyclic) bond motifs is 1. The molecule has 1 heterocycles. The number of nitrogens with one attached hydrogen (secondary N) is 2. The van der Waals surface area contributed by atoms with E-state index in [1.165, 1.54) is 18.2 Å². The van der Waals surface area contributed by atoms with Gasteiger partial charge in [0.05, 0.1) is 11.2 Å². The van der Waals surface area contributed by atoms with Crippen molar-refractivity contribution < 1.29 is 9.18 Å². The van der Waals surface area contributed by atoms with E-state index in [4.69, 9.17) is 17.3 Å². The van der Waals surface area contributed by atoms with Crippen molar-refractivity contribution in [3.8, 4) is 0 Å². The van der Waals surface area contributed by atoms with Gasteiger partial charge in [-0.15, -0.1) is 0 Å². The van der Waals surface area contributed by atoms with E-state index in [0.29, 0.717) is 21.6 Å². The fourth-order valence-electron chi connectivity index (χ4n) is 1.98. The first-order chi connectivity index (χ1) is 10.0. The number of aromatic amines is 1. The van der Waals surface area contributed by atoms with E-state index in [-0.39, 0.29) is 11.4 Å². The SMILES string of the molecule is Nc1ccc2[nH]nc(C(=O)Nc3cc(Cl)ccc3F)c2c1. The minimum atomic E-state index is -0.577. The number of anilines is 2. The van der Waals surface area contributed by atoms with Crippen molar-refractivity contribution in [3.05, 3.63) is 52.9 Å². The molecular weight excluding hydrogens is 295 g/mol. The van der Waals surface area contributed by atoms with Crippen LogP contribution in [0.2, 0.25) is 5.02 Å². The summed E-state index contributed by atoms with van der Waals surface area (Å²) in [6.45, 7) is 0. The van der Waals surface area contributed by atoms with Gasteiger partial charge in [-0.25, -0.2) is 4.39 Å². The number of carbonyl (C=O) groups is 1.